The number of hydrogen-bond acceptors (Lipinski definition) is 4. The number of rotatable bonds is 4. The van der Waals surface area contributed by atoms with Crippen LogP contribution in [0.3, 0.4) is 0 Å². The molecule has 100 valence electrons. The summed E-state index contributed by atoms with van der Waals surface area (Å²) in [5.41, 5.74) is 1.15. The van der Waals surface area contributed by atoms with Crippen LogP contribution < -0.4 is 5.32 Å². The largest absolute Gasteiger partial charge is 0.381 e. The van der Waals surface area contributed by atoms with Gasteiger partial charge in [0.1, 0.15) is 17.4 Å². The van der Waals surface area contributed by atoms with Crippen LogP contribution in [0.4, 0.5) is 15.8 Å². The summed E-state index contributed by atoms with van der Waals surface area (Å²) in [6.45, 7) is 0.406. The average Bonchev–Trinajstić information content (AvgIpc) is 2.46. The first-order valence-electron chi connectivity index (χ1n) is 5.77. The predicted octanol–water partition coefficient (Wildman–Crippen LogP) is 3.22. The number of nitrogens with one attached hydrogen (secondary N) is 1. The minimum atomic E-state index is -0.596. The molecule has 0 bridgehead atoms. The van der Waals surface area contributed by atoms with E-state index in [-0.39, 0.29) is 17.1 Å². The number of nitriles is 1. The monoisotopic (exact) mass is 271 g/mol. The predicted molar refractivity (Wildman–Crippen MR) is 71.5 cm³/mol. The van der Waals surface area contributed by atoms with E-state index in [4.69, 9.17) is 5.26 Å². The molecule has 6 heteroatoms. The van der Waals surface area contributed by atoms with Crippen molar-refractivity contribution in [2.75, 3.05) is 5.32 Å². The number of hydrogen-bond donors (Lipinski definition) is 1. The first kappa shape index (κ1) is 13.5. The van der Waals surface area contributed by atoms with Gasteiger partial charge in [-0.1, -0.05) is 12.1 Å². The second kappa shape index (κ2) is 5.80. The van der Waals surface area contributed by atoms with Crippen molar-refractivity contribution in [2.45, 2.75) is 6.54 Å². The Hall–Kier alpha value is -2.94. The molecule has 0 aliphatic heterocycles. The minimum absolute atomic E-state index is 0.0160. The standard InChI is InChI=1S/C14H10FN3O2/c15-12-4-1-10(2-5-12)9-17-13-6-3-11(8-16)14(7-13)18(19)20/h1-7,17H,9H2. The lowest BCUT2D eigenvalue weighted by molar-refractivity contribution is -0.385. The van der Waals surface area contributed by atoms with E-state index >= 15 is 0 Å². The molecule has 0 spiro atoms. The van der Waals surface area contributed by atoms with Gasteiger partial charge in [0.05, 0.1) is 4.92 Å². The molecule has 0 radical (unpaired) electrons. The smallest absolute Gasteiger partial charge is 0.289 e. The van der Waals surface area contributed by atoms with Crippen LogP contribution in [0.25, 0.3) is 0 Å². The van der Waals surface area contributed by atoms with Gasteiger partial charge in [-0.2, -0.15) is 5.26 Å². The lowest BCUT2D eigenvalue weighted by Gasteiger charge is -2.07. The van der Waals surface area contributed by atoms with Gasteiger partial charge in [0, 0.05) is 18.3 Å². The normalized spacial score (nSPS) is 9.80. The Labute approximate surface area is 114 Å². The van der Waals surface area contributed by atoms with Gasteiger partial charge in [-0.3, -0.25) is 10.1 Å². The van der Waals surface area contributed by atoms with E-state index in [1.165, 1.54) is 24.3 Å². The molecular formula is C14H10FN3O2. The number of nitro benzene ring substituents is 1. The Morgan fingerprint density at radius 2 is 1.95 bits per heavy atom. The molecule has 20 heavy (non-hydrogen) atoms. The Morgan fingerprint density at radius 3 is 2.55 bits per heavy atom. The van der Waals surface area contributed by atoms with E-state index < -0.39 is 4.92 Å². The van der Waals surface area contributed by atoms with E-state index in [1.54, 1.807) is 24.3 Å². The fraction of sp³-hybridized carbons (Fsp3) is 0.0714. The Morgan fingerprint density at radius 1 is 1.25 bits per heavy atom. The zero-order valence-corrected chi connectivity index (χ0v) is 10.3. The summed E-state index contributed by atoms with van der Waals surface area (Å²) >= 11 is 0. The van der Waals surface area contributed by atoms with Gasteiger partial charge in [0.25, 0.3) is 5.69 Å². The van der Waals surface area contributed by atoms with E-state index in [9.17, 15) is 14.5 Å². The summed E-state index contributed by atoms with van der Waals surface area (Å²) in [5, 5.41) is 22.6. The third-order valence-electron chi connectivity index (χ3n) is 2.72. The van der Waals surface area contributed by atoms with Crippen LogP contribution >= 0.6 is 0 Å². The molecule has 0 atom stereocenters. The summed E-state index contributed by atoms with van der Waals surface area (Å²) in [4.78, 5) is 10.2. The van der Waals surface area contributed by atoms with E-state index in [1.807, 2.05) is 0 Å². The highest BCUT2D eigenvalue weighted by Gasteiger charge is 2.13. The second-order valence-corrected chi connectivity index (χ2v) is 4.08. The minimum Gasteiger partial charge on any atom is -0.381 e. The van der Waals surface area contributed by atoms with Crippen molar-refractivity contribution < 1.29 is 9.31 Å². The van der Waals surface area contributed by atoms with Gasteiger partial charge >= 0.3 is 0 Å². The molecule has 0 fully saturated rings. The molecule has 0 aliphatic carbocycles. The molecule has 0 aliphatic rings. The first-order chi connectivity index (χ1) is 9.60. The van der Waals surface area contributed by atoms with E-state index in [2.05, 4.69) is 5.32 Å². The van der Waals surface area contributed by atoms with Crippen LogP contribution in [-0.2, 0) is 6.54 Å². The number of anilines is 1. The molecule has 1 N–H and O–H groups in total. The topological polar surface area (TPSA) is 79.0 Å². The highest BCUT2D eigenvalue weighted by Crippen LogP contribution is 2.22. The van der Waals surface area contributed by atoms with Crippen molar-refractivity contribution in [1.29, 1.82) is 5.26 Å². The fourth-order valence-corrected chi connectivity index (χ4v) is 1.69. The van der Waals surface area contributed by atoms with Crippen LogP contribution in [0.2, 0.25) is 0 Å². The summed E-state index contributed by atoms with van der Waals surface area (Å²) < 4.78 is 12.7. The van der Waals surface area contributed by atoms with Gasteiger partial charge < -0.3 is 5.32 Å². The van der Waals surface area contributed by atoms with Crippen LogP contribution in [0.5, 0.6) is 0 Å². The molecule has 2 aromatic rings. The molecule has 5 nitrogen and oxygen atoms in total. The number of nitro groups is 1. The zero-order chi connectivity index (χ0) is 14.5. The Kier molecular flexibility index (Phi) is 3.91. The molecule has 2 aromatic carbocycles. The molecule has 0 aromatic heterocycles. The highest BCUT2D eigenvalue weighted by molar-refractivity contribution is 5.59. The van der Waals surface area contributed by atoms with Crippen molar-refractivity contribution in [3.63, 3.8) is 0 Å². The van der Waals surface area contributed by atoms with Gasteiger partial charge in [-0.25, -0.2) is 4.39 Å². The van der Waals surface area contributed by atoms with Gasteiger partial charge in [0.2, 0.25) is 0 Å². The first-order valence-corrected chi connectivity index (χ1v) is 5.77. The zero-order valence-electron chi connectivity index (χ0n) is 10.3. The third kappa shape index (κ3) is 3.09. The maximum absolute atomic E-state index is 12.7. The number of halogens is 1. The lowest BCUT2D eigenvalue weighted by atomic mass is 10.1. The summed E-state index contributed by atoms with van der Waals surface area (Å²) in [6, 6.07) is 12.0. The van der Waals surface area contributed by atoms with Crippen LogP contribution in [0, 0.1) is 27.3 Å². The quantitative estimate of drug-likeness (QED) is 0.684. The third-order valence-corrected chi connectivity index (χ3v) is 2.72. The Balaban J connectivity index is 2.14. The fourth-order valence-electron chi connectivity index (χ4n) is 1.69. The molecule has 0 saturated heterocycles. The van der Waals surface area contributed by atoms with Gasteiger partial charge in [0.15, 0.2) is 0 Å². The molecule has 0 saturated carbocycles. The second-order valence-electron chi connectivity index (χ2n) is 4.08. The lowest BCUT2D eigenvalue weighted by Crippen LogP contribution is -2.01. The maximum Gasteiger partial charge on any atom is 0.289 e. The SMILES string of the molecule is N#Cc1ccc(NCc2ccc(F)cc2)cc1[N+](=O)[O-]. The van der Waals surface area contributed by atoms with Gasteiger partial charge in [-0.15, -0.1) is 0 Å². The van der Waals surface area contributed by atoms with Gasteiger partial charge in [-0.05, 0) is 29.8 Å². The van der Waals surface area contributed by atoms with Crippen LogP contribution in [-0.4, -0.2) is 4.92 Å². The van der Waals surface area contributed by atoms with Crippen LogP contribution in [0.15, 0.2) is 42.5 Å². The summed E-state index contributed by atoms with van der Waals surface area (Å²) in [6.07, 6.45) is 0. The van der Waals surface area contributed by atoms with Crippen molar-refractivity contribution in [3.05, 3.63) is 69.5 Å². The number of nitrogens with zero attached hydrogens (tertiary/aromatic N) is 2. The molecule has 0 amide bonds. The average molecular weight is 271 g/mol. The van der Waals surface area contributed by atoms with Crippen LogP contribution in [0.1, 0.15) is 11.1 Å². The van der Waals surface area contributed by atoms with E-state index in [0.29, 0.717) is 12.2 Å². The Bertz CT molecular complexity index is 678. The van der Waals surface area contributed by atoms with Crippen molar-refractivity contribution in [2.24, 2.45) is 0 Å². The molecular weight excluding hydrogens is 261 g/mol. The summed E-state index contributed by atoms with van der Waals surface area (Å²) in [7, 11) is 0. The van der Waals surface area contributed by atoms with Crippen molar-refractivity contribution >= 4 is 11.4 Å². The summed E-state index contributed by atoms with van der Waals surface area (Å²) in [5.74, 6) is -0.317. The van der Waals surface area contributed by atoms with E-state index in [0.717, 1.165) is 5.56 Å². The molecule has 0 heterocycles. The number of benzene rings is 2. The highest BCUT2D eigenvalue weighted by atomic mass is 19.1. The molecule has 0 unspecified atom stereocenters. The van der Waals surface area contributed by atoms with Crippen molar-refractivity contribution in [3.8, 4) is 6.07 Å². The maximum atomic E-state index is 12.7. The molecule has 2 rings (SSSR count). The van der Waals surface area contributed by atoms with Crippen molar-refractivity contribution in [1.82, 2.24) is 0 Å².